The fraction of sp³-hybridized carbons (Fsp3) is 0.0930. The maximum absolute atomic E-state index is 13.2. The number of hydrogen-bond donors (Lipinski definition) is 1. The van der Waals surface area contributed by atoms with E-state index in [4.69, 9.17) is 19.2 Å². The highest BCUT2D eigenvalue weighted by Crippen LogP contribution is 2.39. The smallest absolute Gasteiger partial charge is 0.234 e. The number of benzene rings is 5. The quantitative estimate of drug-likeness (QED) is 0.0705. The van der Waals surface area contributed by atoms with E-state index in [2.05, 4.69) is 15.5 Å². The van der Waals surface area contributed by atoms with Gasteiger partial charge in [-0.1, -0.05) is 84.6 Å². The summed E-state index contributed by atoms with van der Waals surface area (Å²) in [6.45, 7) is 0. The Morgan fingerprint density at radius 3 is 2.11 bits per heavy atom. The molecule has 2 heterocycles. The molecule has 0 spiro atoms. The van der Waals surface area contributed by atoms with E-state index in [-0.39, 0.29) is 17.4 Å². The predicted molar refractivity (Wildman–Crippen MR) is 213 cm³/mol. The van der Waals surface area contributed by atoms with Crippen LogP contribution in [0.25, 0.3) is 45.3 Å². The number of fused-ring (bicyclic) bond motifs is 1. The average Bonchev–Trinajstić information content (AvgIpc) is 3.65. The largest absolute Gasteiger partial charge is 0.493 e. The van der Waals surface area contributed by atoms with Crippen molar-refractivity contribution in [2.24, 2.45) is 0 Å². The number of ketones is 1. The number of methoxy groups -OCH3 is 3. The number of hydrogen-bond acceptors (Lipinski definition) is 9. The highest BCUT2D eigenvalue weighted by molar-refractivity contribution is 7.99. The van der Waals surface area contributed by atoms with Crippen LogP contribution in [0.5, 0.6) is 17.2 Å². The van der Waals surface area contributed by atoms with E-state index >= 15 is 0 Å². The topological polar surface area (TPSA) is 117 Å². The maximum atomic E-state index is 13.2. The summed E-state index contributed by atoms with van der Waals surface area (Å²) >= 11 is 1.28. The molecule has 0 saturated heterocycles. The second-order valence-corrected chi connectivity index (χ2v) is 12.9. The summed E-state index contributed by atoms with van der Waals surface area (Å²) in [6, 6.07) is 40.1. The standard InChI is InChI=1S/C43H35N5O5S/c1-51-38-24-28(25-39(52-2)41(38)53-3)18-23-37(49)30-19-21-31(22-20-30)44-40(50)27-54-43-47-46-42(48(43)32-14-8-5-9-15-32)34-26-36(29-12-6-4-7-13-29)45-35-17-11-10-16-33(34)35/h4-26H,27H2,1-3H3,(H,44,50)/b23-18+. The van der Waals surface area contributed by atoms with Crippen LogP contribution in [0.2, 0.25) is 0 Å². The van der Waals surface area contributed by atoms with Crippen LogP contribution in [0.15, 0.2) is 139 Å². The van der Waals surface area contributed by atoms with Crippen molar-refractivity contribution in [1.29, 1.82) is 0 Å². The van der Waals surface area contributed by atoms with Gasteiger partial charge in [0.05, 0.1) is 38.3 Å². The first-order valence-corrected chi connectivity index (χ1v) is 18.0. The number of pyridine rings is 1. The number of carbonyl (C=O) groups excluding carboxylic acids is 2. The summed E-state index contributed by atoms with van der Waals surface area (Å²) in [5.41, 5.74) is 6.13. The van der Waals surface area contributed by atoms with Crippen molar-refractivity contribution in [3.63, 3.8) is 0 Å². The third kappa shape index (κ3) is 7.71. The number of amides is 1. The van der Waals surface area contributed by atoms with Crippen LogP contribution in [0.4, 0.5) is 5.69 Å². The van der Waals surface area contributed by atoms with Crippen LogP contribution in [-0.2, 0) is 4.79 Å². The molecule has 5 aromatic carbocycles. The molecule has 0 bridgehead atoms. The fourth-order valence-corrected chi connectivity index (χ4v) is 6.73. The van der Waals surface area contributed by atoms with Gasteiger partial charge in [0, 0.05) is 33.5 Å². The molecule has 10 nitrogen and oxygen atoms in total. The summed E-state index contributed by atoms with van der Waals surface area (Å²) in [5, 5.41) is 13.7. The van der Waals surface area contributed by atoms with Gasteiger partial charge in [0.15, 0.2) is 28.3 Å². The van der Waals surface area contributed by atoms with Crippen molar-refractivity contribution in [1.82, 2.24) is 19.7 Å². The molecule has 1 amide bonds. The Kier molecular flexibility index (Phi) is 10.8. The van der Waals surface area contributed by atoms with E-state index in [1.165, 1.54) is 39.2 Å². The van der Waals surface area contributed by atoms with Gasteiger partial charge in [-0.3, -0.25) is 14.2 Å². The number of para-hydroxylation sites is 2. The Hall–Kier alpha value is -6.72. The molecule has 0 unspecified atom stereocenters. The zero-order valence-electron chi connectivity index (χ0n) is 29.7. The summed E-state index contributed by atoms with van der Waals surface area (Å²) in [7, 11) is 4.61. The number of anilines is 1. The Morgan fingerprint density at radius 2 is 1.43 bits per heavy atom. The lowest BCUT2D eigenvalue weighted by atomic mass is 10.0. The third-order valence-corrected chi connectivity index (χ3v) is 9.50. The molecule has 2 aromatic heterocycles. The lowest BCUT2D eigenvalue weighted by molar-refractivity contribution is -0.113. The van der Waals surface area contributed by atoms with Crippen molar-refractivity contribution in [3.05, 3.63) is 145 Å². The van der Waals surface area contributed by atoms with Crippen LogP contribution < -0.4 is 19.5 Å². The van der Waals surface area contributed by atoms with Gasteiger partial charge in [0.25, 0.3) is 0 Å². The average molecular weight is 734 g/mol. The highest BCUT2D eigenvalue weighted by Gasteiger charge is 2.21. The van der Waals surface area contributed by atoms with Crippen molar-refractivity contribution in [2.75, 3.05) is 32.4 Å². The first-order chi connectivity index (χ1) is 26.4. The van der Waals surface area contributed by atoms with Gasteiger partial charge in [-0.2, -0.15) is 0 Å². The Bertz CT molecular complexity index is 2440. The second kappa shape index (κ2) is 16.3. The Morgan fingerprint density at radius 1 is 0.759 bits per heavy atom. The fourth-order valence-electron chi connectivity index (χ4n) is 5.98. The van der Waals surface area contributed by atoms with Crippen LogP contribution in [-0.4, -0.2) is 58.5 Å². The third-order valence-electron chi connectivity index (χ3n) is 8.57. The normalized spacial score (nSPS) is 11.1. The van der Waals surface area contributed by atoms with Gasteiger partial charge in [-0.05, 0) is 72.3 Å². The number of aromatic nitrogens is 4. The van der Waals surface area contributed by atoms with Gasteiger partial charge in [0.1, 0.15) is 0 Å². The molecule has 0 atom stereocenters. The van der Waals surface area contributed by atoms with Crippen LogP contribution >= 0.6 is 11.8 Å². The molecule has 0 aliphatic rings. The van der Waals surface area contributed by atoms with Gasteiger partial charge >= 0.3 is 0 Å². The molecule has 0 aliphatic heterocycles. The minimum absolute atomic E-state index is 0.0789. The van der Waals surface area contributed by atoms with Gasteiger partial charge < -0.3 is 19.5 Å². The minimum Gasteiger partial charge on any atom is -0.493 e. The summed E-state index contributed by atoms with van der Waals surface area (Å²) in [6.07, 6.45) is 3.15. The van der Waals surface area contributed by atoms with E-state index in [9.17, 15) is 9.59 Å². The summed E-state index contributed by atoms with van der Waals surface area (Å²) < 4.78 is 18.2. The van der Waals surface area contributed by atoms with Crippen molar-refractivity contribution in [2.45, 2.75) is 5.16 Å². The molecule has 0 radical (unpaired) electrons. The molecule has 0 fully saturated rings. The van der Waals surface area contributed by atoms with Gasteiger partial charge in [-0.25, -0.2) is 4.98 Å². The Labute approximate surface area is 316 Å². The molecular weight excluding hydrogens is 699 g/mol. The number of ether oxygens (including phenoxy) is 3. The molecule has 11 heteroatoms. The number of rotatable bonds is 13. The van der Waals surface area contributed by atoms with Crippen LogP contribution in [0, 0.1) is 0 Å². The second-order valence-electron chi connectivity index (χ2n) is 12.0. The van der Waals surface area contributed by atoms with Gasteiger partial charge in [0.2, 0.25) is 11.7 Å². The van der Waals surface area contributed by atoms with Crippen LogP contribution in [0.1, 0.15) is 15.9 Å². The minimum atomic E-state index is -0.230. The number of nitrogens with zero attached hydrogens (tertiary/aromatic N) is 4. The molecule has 0 aliphatic carbocycles. The molecule has 7 rings (SSSR count). The van der Waals surface area contributed by atoms with Crippen LogP contribution in [0.3, 0.4) is 0 Å². The lowest BCUT2D eigenvalue weighted by Gasteiger charge is -2.13. The summed E-state index contributed by atoms with van der Waals surface area (Å²) in [5.74, 6) is 1.73. The number of thioether (sulfide) groups is 1. The lowest BCUT2D eigenvalue weighted by Crippen LogP contribution is -2.14. The Balaban J connectivity index is 1.08. The maximum Gasteiger partial charge on any atom is 0.234 e. The van der Waals surface area contributed by atoms with E-state index < -0.39 is 0 Å². The molecular formula is C43H35N5O5S. The van der Waals surface area contributed by atoms with E-state index in [1.807, 2.05) is 95.6 Å². The van der Waals surface area contributed by atoms with E-state index in [1.54, 1.807) is 42.5 Å². The summed E-state index contributed by atoms with van der Waals surface area (Å²) in [4.78, 5) is 31.1. The number of carbonyl (C=O) groups is 2. The first-order valence-electron chi connectivity index (χ1n) is 17.0. The predicted octanol–water partition coefficient (Wildman–Crippen LogP) is 8.80. The first kappa shape index (κ1) is 35.7. The van der Waals surface area contributed by atoms with Crippen molar-refractivity contribution < 1.29 is 23.8 Å². The van der Waals surface area contributed by atoms with E-state index in [0.717, 1.165) is 33.4 Å². The molecule has 54 heavy (non-hydrogen) atoms. The number of allylic oxidation sites excluding steroid dienone is 1. The van der Waals surface area contributed by atoms with E-state index in [0.29, 0.717) is 45.0 Å². The molecule has 1 N–H and O–H groups in total. The number of nitrogens with one attached hydrogen (secondary N) is 1. The molecule has 7 aromatic rings. The SMILES string of the molecule is COc1cc(/C=C/C(=O)c2ccc(NC(=O)CSc3nnc(-c4cc(-c5ccccc5)nc5ccccc45)n3-c3ccccc3)cc2)cc(OC)c1OC. The van der Waals surface area contributed by atoms with Crippen molar-refractivity contribution in [3.8, 4) is 45.6 Å². The van der Waals surface area contributed by atoms with Gasteiger partial charge in [-0.15, -0.1) is 10.2 Å². The molecule has 0 saturated carbocycles. The highest BCUT2D eigenvalue weighted by atomic mass is 32.2. The molecule has 268 valence electrons. The zero-order chi connectivity index (χ0) is 37.4. The monoisotopic (exact) mass is 733 g/mol. The zero-order valence-corrected chi connectivity index (χ0v) is 30.5. The van der Waals surface area contributed by atoms with Crippen molar-refractivity contribution >= 4 is 46.1 Å².